The summed E-state index contributed by atoms with van der Waals surface area (Å²) < 4.78 is 4.97. The van der Waals surface area contributed by atoms with Crippen LogP contribution < -0.4 is 21.5 Å². The van der Waals surface area contributed by atoms with E-state index >= 15 is 0 Å². The van der Waals surface area contributed by atoms with E-state index in [1.54, 1.807) is 19.2 Å². The smallest absolute Gasteiger partial charge is 0.257 e. The number of hydrogen-bond donors (Lipinski definition) is 4. The molecule has 0 aliphatic carbocycles. The standard InChI is InChI=1S/C16H24N4O3S/c1-10-5-6-13(7-11(10)2)15(22)17-8-14(21)19-20-16(24)18-12(3)9-23-4/h5-7,12H,8-9H2,1-4H3,(H,17,22)(H,19,21)(H2,18,20,24)/t12-/m1/s1. The summed E-state index contributed by atoms with van der Waals surface area (Å²) >= 11 is 5.02. The molecular formula is C16H24N4O3S. The normalized spacial score (nSPS) is 11.3. The van der Waals surface area contributed by atoms with E-state index in [4.69, 9.17) is 17.0 Å². The molecule has 8 heteroatoms. The summed E-state index contributed by atoms with van der Waals surface area (Å²) in [4.78, 5) is 23.7. The van der Waals surface area contributed by atoms with E-state index in [2.05, 4.69) is 21.5 Å². The number of thiocarbonyl (C=S) groups is 1. The molecule has 1 aromatic carbocycles. The highest BCUT2D eigenvalue weighted by molar-refractivity contribution is 7.80. The number of amides is 2. The Morgan fingerprint density at radius 2 is 1.92 bits per heavy atom. The number of benzene rings is 1. The molecule has 1 atom stereocenters. The maximum absolute atomic E-state index is 12.0. The van der Waals surface area contributed by atoms with Gasteiger partial charge in [-0.15, -0.1) is 0 Å². The molecule has 0 spiro atoms. The quantitative estimate of drug-likeness (QED) is 0.442. The number of nitrogens with one attached hydrogen (secondary N) is 4. The Morgan fingerprint density at radius 3 is 2.54 bits per heavy atom. The molecule has 1 aromatic rings. The molecule has 7 nitrogen and oxygen atoms in total. The summed E-state index contributed by atoms with van der Waals surface area (Å²) in [5.41, 5.74) is 7.62. The van der Waals surface area contributed by atoms with Crippen LogP contribution in [0.4, 0.5) is 0 Å². The zero-order valence-corrected chi connectivity index (χ0v) is 15.2. The number of hydrazine groups is 1. The Hall–Kier alpha value is -2.19. The minimum Gasteiger partial charge on any atom is -0.383 e. The number of ether oxygens (including phenoxy) is 1. The first-order valence-electron chi connectivity index (χ1n) is 7.53. The van der Waals surface area contributed by atoms with Gasteiger partial charge in [0.15, 0.2) is 5.11 Å². The fourth-order valence-corrected chi connectivity index (χ4v) is 2.12. The van der Waals surface area contributed by atoms with Gasteiger partial charge in [0.2, 0.25) is 0 Å². The Bertz CT molecular complexity index is 607. The third-order valence-electron chi connectivity index (χ3n) is 3.29. The number of carbonyl (C=O) groups is 2. The Morgan fingerprint density at radius 1 is 1.21 bits per heavy atom. The average molecular weight is 352 g/mol. The number of rotatable bonds is 6. The van der Waals surface area contributed by atoms with Crippen molar-refractivity contribution in [3.8, 4) is 0 Å². The van der Waals surface area contributed by atoms with Crippen LogP contribution in [0.5, 0.6) is 0 Å². The van der Waals surface area contributed by atoms with Crippen LogP contribution in [0.2, 0.25) is 0 Å². The van der Waals surface area contributed by atoms with Gasteiger partial charge in [0.1, 0.15) is 0 Å². The van der Waals surface area contributed by atoms with Crippen molar-refractivity contribution >= 4 is 29.1 Å². The fraction of sp³-hybridized carbons (Fsp3) is 0.438. The fourth-order valence-electron chi connectivity index (χ4n) is 1.87. The molecule has 2 amide bonds. The van der Waals surface area contributed by atoms with Crippen LogP contribution >= 0.6 is 12.2 Å². The van der Waals surface area contributed by atoms with Gasteiger partial charge in [-0.25, -0.2) is 0 Å². The predicted molar refractivity (Wildman–Crippen MR) is 96.6 cm³/mol. The number of aryl methyl sites for hydroxylation is 2. The lowest BCUT2D eigenvalue weighted by Gasteiger charge is -2.16. The molecule has 1 rings (SSSR count). The van der Waals surface area contributed by atoms with Crippen LogP contribution in [0, 0.1) is 13.8 Å². The highest BCUT2D eigenvalue weighted by Gasteiger charge is 2.09. The van der Waals surface area contributed by atoms with Crippen molar-refractivity contribution < 1.29 is 14.3 Å². The van der Waals surface area contributed by atoms with Crippen molar-refractivity contribution in [3.05, 3.63) is 34.9 Å². The van der Waals surface area contributed by atoms with Crippen LogP contribution in [0.3, 0.4) is 0 Å². The molecule has 0 saturated carbocycles. The second-order valence-corrected chi connectivity index (χ2v) is 5.89. The highest BCUT2D eigenvalue weighted by Crippen LogP contribution is 2.09. The largest absolute Gasteiger partial charge is 0.383 e. The second kappa shape index (κ2) is 9.84. The van der Waals surface area contributed by atoms with Gasteiger partial charge in [-0.2, -0.15) is 0 Å². The summed E-state index contributed by atoms with van der Waals surface area (Å²) in [6.07, 6.45) is 0. The molecule has 0 aliphatic heterocycles. The maximum atomic E-state index is 12.0. The summed E-state index contributed by atoms with van der Waals surface area (Å²) in [5.74, 6) is -0.710. The zero-order valence-electron chi connectivity index (χ0n) is 14.4. The highest BCUT2D eigenvalue weighted by atomic mass is 32.1. The zero-order chi connectivity index (χ0) is 18.1. The molecule has 24 heavy (non-hydrogen) atoms. The van der Waals surface area contributed by atoms with E-state index in [0.29, 0.717) is 12.2 Å². The molecule has 0 aromatic heterocycles. The average Bonchev–Trinajstić information content (AvgIpc) is 2.53. The Labute approximate surface area is 147 Å². The summed E-state index contributed by atoms with van der Waals surface area (Å²) in [5, 5.41) is 5.76. The SMILES string of the molecule is COC[C@@H](C)NC(=S)NNC(=O)CNC(=O)c1ccc(C)c(C)c1. The molecule has 0 radical (unpaired) electrons. The number of carbonyl (C=O) groups excluding carboxylic acids is 2. The van der Waals surface area contributed by atoms with E-state index in [9.17, 15) is 9.59 Å². The Balaban J connectivity index is 2.34. The Kier molecular flexibility index (Phi) is 8.14. The van der Waals surface area contributed by atoms with Crippen LogP contribution in [0.15, 0.2) is 18.2 Å². The number of hydrogen-bond acceptors (Lipinski definition) is 4. The van der Waals surface area contributed by atoms with E-state index in [1.807, 2.05) is 26.8 Å². The van der Waals surface area contributed by atoms with Crippen molar-refractivity contribution in [1.29, 1.82) is 0 Å². The first-order valence-corrected chi connectivity index (χ1v) is 7.94. The molecule has 0 unspecified atom stereocenters. The van der Waals surface area contributed by atoms with Crippen LogP contribution in [0.25, 0.3) is 0 Å². The third-order valence-corrected chi connectivity index (χ3v) is 3.51. The molecule has 4 N–H and O–H groups in total. The molecule has 132 valence electrons. The molecule has 0 aliphatic rings. The van der Waals surface area contributed by atoms with Gasteiger partial charge in [0.25, 0.3) is 11.8 Å². The third kappa shape index (κ3) is 6.93. The lowest BCUT2D eigenvalue weighted by Crippen LogP contribution is -2.52. The molecule has 0 heterocycles. The summed E-state index contributed by atoms with van der Waals surface area (Å²) in [6, 6.07) is 5.40. The summed E-state index contributed by atoms with van der Waals surface area (Å²) in [7, 11) is 1.59. The summed E-state index contributed by atoms with van der Waals surface area (Å²) in [6.45, 7) is 6.13. The van der Waals surface area contributed by atoms with E-state index < -0.39 is 5.91 Å². The lowest BCUT2D eigenvalue weighted by molar-refractivity contribution is -0.120. The van der Waals surface area contributed by atoms with E-state index in [0.717, 1.165) is 11.1 Å². The predicted octanol–water partition coefficient (Wildman–Crippen LogP) is 0.563. The van der Waals surface area contributed by atoms with E-state index in [1.165, 1.54) is 0 Å². The van der Waals surface area contributed by atoms with E-state index in [-0.39, 0.29) is 23.6 Å². The monoisotopic (exact) mass is 352 g/mol. The van der Waals surface area contributed by atoms with Crippen molar-refractivity contribution in [2.45, 2.75) is 26.8 Å². The molecular weight excluding hydrogens is 328 g/mol. The minimum atomic E-state index is -0.407. The van der Waals surface area contributed by atoms with Crippen molar-refractivity contribution in [2.24, 2.45) is 0 Å². The van der Waals surface area contributed by atoms with Gasteiger partial charge in [-0.1, -0.05) is 6.07 Å². The van der Waals surface area contributed by atoms with Crippen molar-refractivity contribution in [3.63, 3.8) is 0 Å². The van der Waals surface area contributed by atoms with Gasteiger partial charge < -0.3 is 15.4 Å². The minimum absolute atomic E-state index is 0.0105. The van der Waals surface area contributed by atoms with Crippen molar-refractivity contribution in [1.82, 2.24) is 21.5 Å². The van der Waals surface area contributed by atoms with Crippen LogP contribution in [-0.2, 0) is 9.53 Å². The van der Waals surface area contributed by atoms with Gasteiger partial charge in [-0.3, -0.25) is 20.4 Å². The van der Waals surface area contributed by atoms with Crippen molar-refractivity contribution in [2.75, 3.05) is 20.3 Å². The molecule has 0 fully saturated rings. The number of methoxy groups -OCH3 is 1. The van der Waals surface area contributed by atoms with Crippen LogP contribution in [-0.4, -0.2) is 43.2 Å². The first kappa shape index (κ1) is 19.9. The lowest BCUT2D eigenvalue weighted by atomic mass is 10.1. The van der Waals surface area contributed by atoms with Gasteiger partial charge in [-0.05, 0) is 56.2 Å². The van der Waals surface area contributed by atoms with Gasteiger partial charge in [0.05, 0.1) is 13.2 Å². The maximum Gasteiger partial charge on any atom is 0.257 e. The molecule has 0 bridgehead atoms. The van der Waals surface area contributed by atoms with Crippen LogP contribution in [0.1, 0.15) is 28.4 Å². The molecule has 0 saturated heterocycles. The topological polar surface area (TPSA) is 91.5 Å². The second-order valence-electron chi connectivity index (χ2n) is 5.48. The van der Waals surface area contributed by atoms with Gasteiger partial charge in [0, 0.05) is 18.7 Å². The van der Waals surface area contributed by atoms with Gasteiger partial charge >= 0.3 is 0 Å². The first-order chi connectivity index (χ1) is 11.3.